The molecule has 1 fully saturated rings. The fourth-order valence-electron chi connectivity index (χ4n) is 2.18. The zero-order valence-corrected chi connectivity index (χ0v) is 12.7. The molecule has 1 aromatic rings. The lowest BCUT2D eigenvalue weighted by Gasteiger charge is -2.17. The first kappa shape index (κ1) is 16.4. The van der Waals surface area contributed by atoms with Gasteiger partial charge in [0.25, 0.3) is 5.91 Å². The van der Waals surface area contributed by atoms with Crippen molar-refractivity contribution in [2.24, 2.45) is 0 Å². The van der Waals surface area contributed by atoms with Crippen LogP contribution in [-0.4, -0.2) is 53.9 Å². The van der Waals surface area contributed by atoms with E-state index in [2.05, 4.69) is 10.3 Å². The highest BCUT2D eigenvalue weighted by molar-refractivity contribution is 5.94. The second-order valence-electron chi connectivity index (χ2n) is 5.33. The molecule has 22 heavy (non-hydrogen) atoms. The molecule has 1 aliphatic heterocycles. The molecule has 0 aliphatic carbocycles. The monoisotopic (exact) mass is 308 g/mol. The van der Waals surface area contributed by atoms with Gasteiger partial charge in [-0.05, 0) is 32.4 Å². The zero-order chi connectivity index (χ0) is 16.1. The normalized spacial score (nSPS) is 18.9. The number of pyridine rings is 1. The molecule has 2 rings (SSSR count). The highest BCUT2D eigenvalue weighted by Gasteiger charge is 2.19. The number of rotatable bonds is 6. The maximum Gasteiger partial charge on any atom is 0.337 e. The number of aromatic nitrogens is 1. The Kier molecular flexibility index (Phi) is 5.46. The maximum atomic E-state index is 12.1. The molecule has 120 valence electrons. The number of hydrogen-bond donors (Lipinski definition) is 2. The molecule has 0 radical (unpaired) electrons. The molecule has 0 spiro atoms. The van der Waals surface area contributed by atoms with Gasteiger partial charge in [0.1, 0.15) is 5.69 Å². The quantitative estimate of drug-likeness (QED) is 0.814. The average molecular weight is 308 g/mol. The van der Waals surface area contributed by atoms with Gasteiger partial charge in [-0.15, -0.1) is 0 Å². The summed E-state index contributed by atoms with van der Waals surface area (Å²) in [6.07, 6.45) is 0.965. The van der Waals surface area contributed by atoms with Crippen molar-refractivity contribution in [3.05, 3.63) is 29.1 Å². The molecule has 1 aromatic heterocycles. The van der Waals surface area contributed by atoms with Crippen LogP contribution in [0.15, 0.2) is 12.1 Å². The molecule has 1 amide bonds. The van der Waals surface area contributed by atoms with Crippen molar-refractivity contribution < 1.29 is 24.2 Å². The van der Waals surface area contributed by atoms with Gasteiger partial charge in [-0.1, -0.05) is 0 Å². The topological polar surface area (TPSA) is 97.8 Å². The molecule has 2 N–H and O–H groups in total. The number of carboxylic acids is 1. The fraction of sp³-hybridized carbons (Fsp3) is 0.533. The Bertz CT molecular complexity index is 555. The summed E-state index contributed by atoms with van der Waals surface area (Å²) in [5.41, 5.74) is 0.597. The summed E-state index contributed by atoms with van der Waals surface area (Å²) in [5.74, 6) is -1.41. The van der Waals surface area contributed by atoms with Gasteiger partial charge in [0.2, 0.25) is 0 Å². The Balaban J connectivity index is 1.88. The molecular weight excluding hydrogens is 288 g/mol. The number of hydrogen-bond acceptors (Lipinski definition) is 5. The van der Waals surface area contributed by atoms with Crippen LogP contribution < -0.4 is 5.32 Å². The zero-order valence-electron chi connectivity index (χ0n) is 12.7. The minimum atomic E-state index is -1.06. The largest absolute Gasteiger partial charge is 0.478 e. The smallest absolute Gasteiger partial charge is 0.337 e. The Morgan fingerprint density at radius 3 is 2.91 bits per heavy atom. The number of aryl methyl sites for hydroxylation is 1. The van der Waals surface area contributed by atoms with Crippen LogP contribution in [0, 0.1) is 6.92 Å². The highest BCUT2D eigenvalue weighted by Crippen LogP contribution is 2.09. The minimum Gasteiger partial charge on any atom is -0.478 e. The number of nitrogens with zero attached hydrogens (tertiary/aromatic N) is 1. The predicted octanol–water partition coefficient (Wildman–Crippen LogP) is 1.01. The number of carbonyl (C=O) groups is 2. The molecule has 2 unspecified atom stereocenters. The molecule has 7 heteroatoms. The molecule has 2 heterocycles. The SMILES string of the molecule is Cc1nc(C(=O)NC(C)COC2CCOC2)ccc1C(=O)O. The first-order valence-corrected chi connectivity index (χ1v) is 7.18. The van der Waals surface area contributed by atoms with Gasteiger partial charge in [0, 0.05) is 12.6 Å². The highest BCUT2D eigenvalue weighted by atomic mass is 16.5. The molecule has 1 saturated heterocycles. The third kappa shape index (κ3) is 4.25. The molecule has 7 nitrogen and oxygen atoms in total. The van der Waals surface area contributed by atoms with E-state index < -0.39 is 5.97 Å². The van der Waals surface area contributed by atoms with Crippen molar-refractivity contribution >= 4 is 11.9 Å². The van der Waals surface area contributed by atoms with E-state index in [1.54, 1.807) is 6.92 Å². The fourth-order valence-corrected chi connectivity index (χ4v) is 2.18. The van der Waals surface area contributed by atoms with Gasteiger partial charge in [0.15, 0.2) is 0 Å². The number of carboxylic acid groups (broad SMARTS) is 1. The van der Waals surface area contributed by atoms with Gasteiger partial charge < -0.3 is 19.9 Å². The summed E-state index contributed by atoms with van der Waals surface area (Å²) in [6, 6.07) is 2.62. The molecular formula is C15H20N2O5. The number of nitrogens with one attached hydrogen (secondary N) is 1. The maximum absolute atomic E-state index is 12.1. The van der Waals surface area contributed by atoms with Crippen LogP contribution in [0.25, 0.3) is 0 Å². The van der Waals surface area contributed by atoms with Crippen molar-refractivity contribution in [2.45, 2.75) is 32.4 Å². The third-order valence-corrected chi connectivity index (χ3v) is 3.40. The number of ether oxygens (including phenoxy) is 2. The minimum absolute atomic E-state index is 0.0918. The Labute approximate surface area is 128 Å². The molecule has 0 bridgehead atoms. The summed E-state index contributed by atoms with van der Waals surface area (Å²) in [4.78, 5) is 27.0. The number of amides is 1. The standard InChI is InChI=1S/C15H20N2O5/c1-9(7-22-11-5-6-21-8-11)16-14(18)13-4-3-12(15(19)20)10(2)17-13/h3-4,9,11H,5-8H2,1-2H3,(H,16,18)(H,19,20). The third-order valence-electron chi connectivity index (χ3n) is 3.40. The van der Waals surface area contributed by atoms with Crippen molar-refractivity contribution in [3.63, 3.8) is 0 Å². The van der Waals surface area contributed by atoms with E-state index >= 15 is 0 Å². The second-order valence-corrected chi connectivity index (χ2v) is 5.33. The van der Waals surface area contributed by atoms with Gasteiger partial charge in [0.05, 0.1) is 30.6 Å². The second kappa shape index (κ2) is 7.33. The van der Waals surface area contributed by atoms with Crippen LogP contribution in [0.2, 0.25) is 0 Å². The Morgan fingerprint density at radius 1 is 1.55 bits per heavy atom. The van der Waals surface area contributed by atoms with Crippen LogP contribution in [0.4, 0.5) is 0 Å². The molecule has 0 aromatic carbocycles. The summed E-state index contributed by atoms with van der Waals surface area (Å²) in [5, 5.41) is 11.7. The van der Waals surface area contributed by atoms with Gasteiger partial charge in [-0.25, -0.2) is 9.78 Å². The van der Waals surface area contributed by atoms with Crippen LogP contribution >= 0.6 is 0 Å². The Hall–Kier alpha value is -1.99. The van der Waals surface area contributed by atoms with E-state index in [4.69, 9.17) is 14.6 Å². The van der Waals surface area contributed by atoms with E-state index in [0.717, 1.165) is 6.42 Å². The van der Waals surface area contributed by atoms with Crippen molar-refractivity contribution in [3.8, 4) is 0 Å². The van der Waals surface area contributed by atoms with E-state index in [1.807, 2.05) is 6.92 Å². The lowest BCUT2D eigenvalue weighted by Crippen LogP contribution is -2.37. The van der Waals surface area contributed by atoms with Crippen LogP contribution in [0.1, 0.15) is 39.9 Å². The molecule has 2 atom stereocenters. The average Bonchev–Trinajstić information content (AvgIpc) is 2.97. The van der Waals surface area contributed by atoms with E-state index in [1.165, 1.54) is 12.1 Å². The summed E-state index contributed by atoms with van der Waals surface area (Å²) >= 11 is 0. The van der Waals surface area contributed by atoms with Crippen LogP contribution in [0.5, 0.6) is 0 Å². The molecule has 0 saturated carbocycles. The summed E-state index contributed by atoms with van der Waals surface area (Å²) in [6.45, 7) is 5.10. The van der Waals surface area contributed by atoms with Gasteiger partial charge in [-0.2, -0.15) is 0 Å². The van der Waals surface area contributed by atoms with Crippen molar-refractivity contribution in [2.75, 3.05) is 19.8 Å². The summed E-state index contributed by atoms with van der Waals surface area (Å²) < 4.78 is 10.9. The first-order valence-electron chi connectivity index (χ1n) is 7.18. The lowest BCUT2D eigenvalue weighted by atomic mass is 10.2. The van der Waals surface area contributed by atoms with E-state index in [-0.39, 0.29) is 29.3 Å². The lowest BCUT2D eigenvalue weighted by molar-refractivity contribution is 0.0318. The van der Waals surface area contributed by atoms with E-state index in [0.29, 0.717) is 25.5 Å². The number of carbonyl (C=O) groups excluding carboxylic acids is 1. The van der Waals surface area contributed by atoms with E-state index in [9.17, 15) is 9.59 Å². The van der Waals surface area contributed by atoms with Crippen LogP contribution in [-0.2, 0) is 9.47 Å². The van der Waals surface area contributed by atoms with Crippen molar-refractivity contribution in [1.82, 2.24) is 10.3 Å². The Morgan fingerprint density at radius 2 is 2.32 bits per heavy atom. The first-order chi connectivity index (χ1) is 10.5. The van der Waals surface area contributed by atoms with Gasteiger partial charge >= 0.3 is 5.97 Å². The summed E-state index contributed by atoms with van der Waals surface area (Å²) in [7, 11) is 0. The number of aromatic carboxylic acids is 1. The van der Waals surface area contributed by atoms with Gasteiger partial charge in [-0.3, -0.25) is 4.79 Å². The predicted molar refractivity (Wildman–Crippen MR) is 78.0 cm³/mol. The van der Waals surface area contributed by atoms with Crippen LogP contribution in [0.3, 0.4) is 0 Å². The van der Waals surface area contributed by atoms with Crippen molar-refractivity contribution in [1.29, 1.82) is 0 Å². The molecule has 1 aliphatic rings.